The van der Waals surface area contributed by atoms with E-state index in [-0.39, 0.29) is 11.3 Å². The summed E-state index contributed by atoms with van der Waals surface area (Å²) in [4.78, 5) is 12.0. The molecule has 1 aliphatic heterocycles. The fourth-order valence-corrected chi connectivity index (χ4v) is 8.71. The number of amides is 1. The Balaban J connectivity index is 1.53. The van der Waals surface area contributed by atoms with Crippen LogP contribution in [0.3, 0.4) is 0 Å². The highest BCUT2D eigenvalue weighted by Gasteiger charge is 2.61. The zero-order valence-corrected chi connectivity index (χ0v) is 19.8. The van der Waals surface area contributed by atoms with Gasteiger partial charge in [-0.3, -0.25) is 4.79 Å². The van der Waals surface area contributed by atoms with Crippen molar-refractivity contribution in [1.29, 1.82) is 0 Å². The second-order valence-electron chi connectivity index (χ2n) is 12.3. The van der Waals surface area contributed by atoms with Crippen molar-refractivity contribution in [3.05, 3.63) is 12.2 Å². The van der Waals surface area contributed by atoms with E-state index in [0.717, 1.165) is 47.8 Å². The lowest BCUT2D eigenvalue weighted by Gasteiger charge is -2.61. The van der Waals surface area contributed by atoms with E-state index in [2.05, 4.69) is 52.9 Å². The average Bonchev–Trinajstić information content (AvgIpc) is 3.00. The van der Waals surface area contributed by atoms with Crippen LogP contribution in [0.2, 0.25) is 0 Å². The van der Waals surface area contributed by atoms with Crippen LogP contribution in [0.5, 0.6) is 0 Å². The molecule has 1 amide bonds. The normalized spacial score (nSPS) is 47.3. The molecule has 0 aromatic carbocycles. The van der Waals surface area contributed by atoms with Crippen molar-refractivity contribution in [1.82, 2.24) is 5.32 Å². The van der Waals surface area contributed by atoms with Gasteiger partial charge in [0.25, 0.3) is 0 Å². The summed E-state index contributed by atoms with van der Waals surface area (Å²) in [6.07, 6.45) is 15.1. The van der Waals surface area contributed by atoms with Crippen LogP contribution in [0.4, 0.5) is 0 Å². The number of hydrogen-bond donors (Lipinski definition) is 1. The highest BCUT2D eigenvalue weighted by molar-refractivity contribution is 5.89. The molecule has 164 valence electrons. The first-order valence-corrected chi connectivity index (χ1v) is 12.7. The second kappa shape index (κ2) is 7.72. The van der Waals surface area contributed by atoms with Crippen molar-refractivity contribution in [2.24, 2.45) is 52.3 Å². The minimum absolute atomic E-state index is 0.120. The SMILES string of the molecule is CC(C)CCCC(C)C1CCC2C3C(CC[C@]12C)[C@@]1(C)C=CC(=O)NC1C[C@@H]3C. The number of carbonyl (C=O) groups is 1. The molecule has 0 aromatic heterocycles. The van der Waals surface area contributed by atoms with Crippen LogP contribution >= 0.6 is 0 Å². The third kappa shape index (κ3) is 3.51. The van der Waals surface area contributed by atoms with Crippen molar-refractivity contribution < 1.29 is 4.79 Å². The first kappa shape index (κ1) is 21.4. The van der Waals surface area contributed by atoms with Crippen LogP contribution in [0.15, 0.2) is 12.2 Å². The molecule has 0 radical (unpaired) electrons. The van der Waals surface area contributed by atoms with Crippen molar-refractivity contribution in [2.45, 2.75) is 99.0 Å². The highest BCUT2D eigenvalue weighted by atomic mass is 16.1. The van der Waals surface area contributed by atoms with Crippen LogP contribution in [0, 0.1) is 52.3 Å². The Labute approximate surface area is 179 Å². The van der Waals surface area contributed by atoms with Gasteiger partial charge in [-0.05, 0) is 85.0 Å². The molecule has 0 spiro atoms. The van der Waals surface area contributed by atoms with Gasteiger partial charge >= 0.3 is 0 Å². The molecule has 2 heteroatoms. The number of nitrogens with one attached hydrogen (secondary N) is 1. The van der Waals surface area contributed by atoms with Gasteiger partial charge in [0.05, 0.1) is 0 Å². The largest absolute Gasteiger partial charge is 0.349 e. The van der Waals surface area contributed by atoms with E-state index >= 15 is 0 Å². The summed E-state index contributed by atoms with van der Waals surface area (Å²) in [6, 6.07) is 0.341. The Morgan fingerprint density at radius 2 is 1.86 bits per heavy atom. The van der Waals surface area contributed by atoms with E-state index in [1.807, 2.05) is 6.08 Å². The molecular weight excluding hydrogens is 354 g/mol. The maximum Gasteiger partial charge on any atom is 0.243 e. The van der Waals surface area contributed by atoms with Gasteiger partial charge in [0.1, 0.15) is 0 Å². The molecule has 4 aliphatic rings. The molecule has 1 heterocycles. The quantitative estimate of drug-likeness (QED) is 0.554. The van der Waals surface area contributed by atoms with Gasteiger partial charge in [0.2, 0.25) is 5.91 Å². The molecule has 2 nitrogen and oxygen atoms in total. The first-order valence-electron chi connectivity index (χ1n) is 12.7. The minimum Gasteiger partial charge on any atom is -0.349 e. The Morgan fingerprint density at radius 1 is 1.10 bits per heavy atom. The molecule has 3 aliphatic carbocycles. The van der Waals surface area contributed by atoms with Crippen molar-refractivity contribution in [3.63, 3.8) is 0 Å². The predicted molar refractivity (Wildman–Crippen MR) is 121 cm³/mol. The van der Waals surface area contributed by atoms with E-state index in [1.165, 1.54) is 44.9 Å². The highest BCUT2D eigenvalue weighted by Crippen LogP contribution is 2.67. The smallest absolute Gasteiger partial charge is 0.243 e. The van der Waals surface area contributed by atoms with E-state index in [9.17, 15) is 4.79 Å². The van der Waals surface area contributed by atoms with Gasteiger partial charge in [-0.1, -0.05) is 66.9 Å². The fourth-order valence-electron chi connectivity index (χ4n) is 8.71. The van der Waals surface area contributed by atoms with Crippen molar-refractivity contribution >= 4 is 5.91 Å². The molecule has 6 unspecified atom stereocenters. The third-order valence-corrected chi connectivity index (χ3v) is 10.3. The maximum absolute atomic E-state index is 12.0. The van der Waals surface area contributed by atoms with Gasteiger partial charge in [-0.15, -0.1) is 0 Å². The van der Waals surface area contributed by atoms with Crippen LogP contribution in [-0.2, 0) is 4.79 Å². The standard InChI is InChI=1S/C27H45NO/c1-17(2)8-7-9-18(3)20-10-11-21-25-19(4)16-23-27(6,15-13-24(29)28-23)22(25)12-14-26(20,21)5/h13,15,17-23,25H,7-12,14,16H2,1-6H3,(H,28,29)/t18?,19-,20?,21?,22?,23?,25?,26+,27+/m0/s1. The maximum atomic E-state index is 12.0. The molecule has 3 saturated carbocycles. The van der Waals surface area contributed by atoms with Crippen LogP contribution in [0.1, 0.15) is 92.9 Å². The summed E-state index contributed by atoms with van der Waals surface area (Å²) in [6.45, 7) is 14.9. The molecule has 0 bridgehead atoms. The van der Waals surface area contributed by atoms with Crippen LogP contribution in [0.25, 0.3) is 0 Å². The number of carbonyl (C=O) groups excluding carboxylic acids is 1. The fraction of sp³-hybridized carbons (Fsp3) is 0.889. The van der Waals surface area contributed by atoms with Gasteiger partial charge in [0.15, 0.2) is 0 Å². The Hall–Kier alpha value is -0.790. The summed E-state index contributed by atoms with van der Waals surface area (Å²) in [7, 11) is 0. The molecule has 1 N–H and O–H groups in total. The summed E-state index contributed by atoms with van der Waals surface area (Å²) in [5.41, 5.74) is 0.699. The monoisotopic (exact) mass is 399 g/mol. The van der Waals surface area contributed by atoms with Crippen molar-refractivity contribution in [2.75, 3.05) is 0 Å². The summed E-state index contributed by atoms with van der Waals surface area (Å²) < 4.78 is 0. The lowest BCUT2D eigenvalue weighted by atomic mass is 9.45. The number of hydrogen-bond acceptors (Lipinski definition) is 1. The summed E-state index contributed by atoms with van der Waals surface area (Å²) >= 11 is 0. The molecule has 0 saturated heterocycles. The van der Waals surface area contributed by atoms with Gasteiger partial charge < -0.3 is 5.32 Å². The van der Waals surface area contributed by atoms with Gasteiger partial charge in [-0.25, -0.2) is 0 Å². The van der Waals surface area contributed by atoms with E-state index in [4.69, 9.17) is 0 Å². The van der Waals surface area contributed by atoms with E-state index < -0.39 is 0 Å². The number of rotatable bonds is 5. The first-order chi connectivity index (χ1) is 13.7. The topological polar surface area (TPSA) is 29.1 Å². The van der Waals surface area contributed by atoms with Gasteiger partial charge in [0, 0.05) is 11.5 Å². The van der Waals surface area contributed by atoms with Crippen LogP contribution < -0.4 is 5.32 Å². The molecule has 3 fully saturated rings. The molecule has 4 rings (SSSR count). The second-order valence-corrected chi connectivity index (χ2v) is 12.3. The molecule has 9 atom stereocenters. The lowest BCUT2D eigenvalue weighted by molar-refractivity contribution is -0.126. The number of fused-ring (bicyclic) bond motifs is 5. The van der Waals surface area contributed by atoms with E-state index in [0.29, 0.717) is 11.5 Å². The van der Waals surface area contributed by atoms with Crippen molar-refractivity contribution in [3.8, 4) is 0 Å². The molecule has 0 aromatic rings. The molecule has 29 heavy (non-hydrogen) atoms. The summed E-state index contributed by atoms with van der Waals surface area (Å²) in [5, 5.41) is 3.32. The minimum atomic E-state index is 0.120. The Bertz CT molecular complexity index is 653. The average molecular weight is 400 g/mol. The zero-order chi connectivity index (χ0) is 21.0. The Kier molecular flexibility index (Phi) is 5.71. The third-order valence-electron chi connectivity index (χ3n) is 10.3. The summed E-state index contributed by atoms with van der Waals surface area (Å²) in [5.74, 6) is 5.93. The van der Waals surface area contributed by atoms with Crippen LogP contribution in [-0.4, -0.2) is 11.9 Å². The zero-order valence-electron chi connectivity index (χ0n) is 19.8. The van der Waals surface area contributed by atoms with Gasteiger partial charge in [-0.2, -0.15) is 0 Å². The lowest BCUT2D eigenvalue weighted by Crippen LogP contribution is -2.61. The Morgan fingerprint density at radius 3 is 2.59 bits per heavy atom. The predicted octanol–water partition coefficient (Wildman–Crippen LogP) is 6.61. The molecular formula is C27H45NO. The van der Waals surface area contributed by atoms with E-state index in [1.54, 1.807) is 0 Å².